The molecule has 0 radical (unpaired) electrons. The predicted octanol–water partition coefficient (Wildman–Crippen LogP) is 5.50. The minimum absolute atomic E-state index is 0.0337. The molecule has 0 saturated carbocycles. The Hall–Kier alpha value is -0.400. The maximum atomic E-state index is 12.7. The van der Waals surface area contributed by atoms with Gasteiger partial charge in [-0.25, -0.2) is 14.1 Å². The third kappa shape index (κ3) is 10.8. The smallest absolute Gasteiger partial charge is 0.407 e. The second kappa shape index (κ2) is 14.7. The second-order valence-electron chi connectivity index (χ2n) is 9.31. The van der Waals surface area contributed by atoms with Gasteiger partial charge in [-0.05, 0) is 62.3 Å². The van der Waals surface area contributed by atoms with Crippen LogP contribution in [0.4, 0.5) is 4.79 Å². The summed E-state index contributed by atoms with van der Waals surface area (Å²) in [4.78, 5) is 24.2. The Bertz CT molecular complexity index is 509. The van der Waals surface area contributed by atoms with Gasteiger partial charge in [0.05, 0.1) is 18.6 Å². The predicted molar refractivity (Wildman–Crippen MR) is 133 cm³/mol. The highest BCUT2D eigenvalue weighted by atomic mass is 32.2. The molecule has 0 aliphatic heterocycles. The van der Waals surface area contributed by atoms with E-state index in [1.54, 1.807) is 6.92 Å². The summed E-state index contributed by atoms with van der Waals surface area (Å²) in [5.41, 5.74) is -0.675. The van der Waals surface area contributed by atoms with E-state index >= 15 is 0 Å². The van der Waals surface area contributed by atoms with Gasteiger partial charge in [0.2, 0.25) is 0 Å². The lowest BCUT2D eigenvalue weighted by atomic mass is 9.96. The Balaban J connectivity index is 5.01. The highest BCUT2D eigenvalue weighted by molar-refractivity contribution is 8.13. The fourth-order valence-electron chi connectivity index (χ4n) is 3.23. The van der Waals surface area contributed by atoms with Crippen LogP contribution in [0.15, 0.2) is 0 Å². The van der Waals surface area contributed by atoms with Crippen LogP contribution in [-0.2, 0) is 14.1 Å². The van der Waals surface area contributed by atoms with Crippen molar-refractivity contribution in [1.82, 2.24) is 14.7 Å². The molecule has 0 spiro atoms. The van der Waals surface area contributed by atoms with E-state index in [-0.39, 0.29) is 11.7 Å². The van der Waals surface area contributed by atoms with Gasteiger partial charge in [0, 0.05) is 36.5 Å². The first kappa shape index (κ1) is 30.6. The van der Waals surface area contributed by atoms with Gasteiger partial charge >= 0.3 is 6.09 Å². The summed E-state index contributed by atoms with van der Waals surface area (Å²) in [6, 6.07) is 1.42. The molecule has 0 rings (SSSR count). The monoisotopic (exact) mass is 479 g/mol. The zero-order valence-electron chi connectivity index (χ0n) is 21.5. The molecule has 0 aromatic carbocycles. The van der Waals surface area contributed by atoms with Crippen LogP contribution in [0.1, 0.15) is 76.2 Å². The molecule has 0 aromatic rings. The molecule has 0 aliphatic carbocycles. The number of alkyl carbamates (subject to hydrolysis) is 1. The number of ether oxygens (including phenoxy) is 1. The minimum atomic E-state index is -0.955. The van der Waals surface area contributed by atoms with Gasteiger partial charge in [-0.3, -0.25) is 4.79 Å². The lowest BCUT2D eigenvalue weighted by molar-refractivity contribution is -0.117. The Morgan fingerprint density at radius 2 is 1.39 bits per heavy atom. The van der Waals surface area contributed by atoms with Gasteiger partial charge in [-0.15, -0.1) is 0 Å². The van der Waals surface area contributed by atoms with Crippen LogP contribution in [0.5, 0.6) is 0 Å². The lowest BCUT2D eigenvalue weighted by Gasteiger charge is -2.45. The molecule has 0 heterocycles. The number of carbonyl (C=O) groups excluding carboxylic acids is 2. The molecule has 0 bridgehead atoms. The first-order chi connectivity index (χ1) is 14.3. The number of hydrogen-bond donors (Lipinski definition) is 1. The maximum absolute atomic E-state index is 12.7. The van der Waals surface area contributed by atoms with Gasteiger partial charge in [-0.2, -0.15) is 0 Å². The van der Waals surface area contributed by atoms with Crippen molar-refractivity contribution in [3.05, 3.63) is 0 Å². The van der Waals surface area contributed by atoms with Crippen molar-refractivity contribution in [3.63, 3.8) is 0 Å². The molecule has 0 unspecified atom stereocenters. The first-order valence-corrected chi connectivity index (χ1v) is 13.5. The molecule has 0 atom stereocenters. The quantitative estimate of drug-likeness (QED) is 0.261. The van der Waals surface area contributed by atoms with E-state index in [2.05, 4.69) is 70.0 Å². The average Bonchev–Trinajstić information content (AvgIpc) is 2.62. The second-order valence-corrected chi connectivity index (χ2v) is 12.1. The van der Waals surface area contributed by atoms with Crippen molar-refractivity contribution in [1.29, 1.82) is 0 Å². The number of thioether (sulfide) groups is 1. The van der Waals surface area contributed by atoms with Crippen LogP contribution in [0.25, 0.3) is 0 Å². The van der Waals surface area contributed by atoms with Crippen LogP contribution in [0.3, 0.4) is 0 Å². The van der Waals surface area contributed by atoms with Gasteiger partial charge in [-0.1, -0.05) is 25.6 Å². The van der Waals surface area contributed by atoms with Crippen molar-refractivity contribution < 1.29 is 18.8 Å². The molecular weight excluding hydrogens is 433 g/mol. The molecule has 1 amide bonds. The van der Waals surface area contributed by atoms with Gasteiger partial charge < -0.3 is 14.6 Å². The van der Waals surface area contributed by atoms with E-state index in [9.17, 15) is 9.59 Å². The van der Waals surface area contributed by atoms with Gasteiger partial charge in [0.15, 0.2) is 13.6 Å². The van der Waals surface area contributed by atoms with Gasteiger partial charge in [0.1, 0.15) is 0 Å². The molecule has 1 N–H and O–H groups in total. The van der Waals surface area contributed by atoms with Crippen molar-refractivity contribution in [2.24, 2.45) is 5.41 Å². The van der Waals surface area contributed by atoms with E-state index in [0.29, 0.717) is 43.1 Å². The van der Waals surface area contributed by atoms with E-state index in [4.69, 9.17) is 9.26 Å². The van der Waals surface area contributed by atoms with Crippen LogP contribution in [-0.4, -0.2) is 70.2 Å². The molecule has 0 saturated heterocycles. The minimum Gasteiger partial charge on any atom is -0.450 e. The van der Waals surface area contributed by atoms with Crippen molar-refractivity contribution in [3.8, 4) is 0 Å². The molecular formula is C22H46N3O4PS. The molecule has 9 heteroatoms. The standard InChI is InChI=1S/C22H46N3O4PS/c1-12-28-21(27)23-15-22(10,11)20(26)31-14-13-29-30(24(16(2)3)17(4)5)25(18(6)7)19(8)9/h16-19H,12-15H2,1-11H3,(H,23,27). The van der Waals surface area contributed by atoms with Crippen molar-refractivity contribution in [2.75, 3.05) is 25.5 Å². The maximum Gasteiger partial charge on any atom is 0.407 e. The topological polar surface area (TPSA) is 71.1 Å². The summed E-state index contributed by atoms with van der Waals surface area (Å²) in [6.07, 6.45) is -0.493. The molecule has 0 aliphatic rings. The summed E-state index contributed by atoms with van der Waals surface area (Å²) in [5.74, 6) is 0.578. The van der Waals surface area contributed by atoms with Gasteiger partial charge in [0.25, 0.3) is 0 Å². The normalized spacial score (nSPS) is 12.8. The molecule has 31 heavy (non-hydrogen) atoms. The Morgan fingerprint density at radius 3 is 1.77 bits per heavy atom. The number of amides is 1. The molecule has 184 valence electrons. The van der Waals surface area contributed by atoms with Crippen molar-refractivity contribution >= 4 is 31.4 Å². The van der Waals surface area contributed by atoms with Crippen LogP contribution in [0, 0.1) is 5.41 Å². The van der Waals surface area contributed by atoms with E-state index < -0.39 is 20.0 Å². The Morgan fingerprint density at radius 1 is 0.935 bits per heavy atom. The molecule has 0 aromatic heterocycles. The number of nitrogens with zero attached hydrogens (tertiary/aromatic N) is 2. The van der Waals surface area contributed by atoms with E-state index in [1.165, 1.54) is 11.8 Å². The fourth-order valence-corrected chi connectivity index (χ4v) is 6.51. The SMILES string of the molecule is CCOC(=O)NCC(C)(C)C(=O)SCCOP(N(C(C)C)C(C)C)N(C(C)C)C(C)C. The first-order valence-electron chi connectivity index (χ1n) is 11.3. The third-order valence-corrected chi connectivity index (χ3v) is 8.77. The molecule has 7 nitrogen and oxygen atoms in total. The summed E-state index contributed by atoms with van der Waals surface area (Å²) in [5, 5.41) is 2.69. The fraction of sp³-hybridized carbons (Fsp3) is 0.909. The highest BCUT2D eigenvalue weighted by Crippen LogP contribution is 2.50. The Labute approximate surface area is 196 Å². The van der Waals surface area contributed by atoms with Crippen molar-refractivity contribution in [2.45, 2.75) is 100 Å². The average molecular weight is 480 g/mol. The number of rotatable bonds is 14. The Kier molecular flexibility index (Phi) is 14.5. The third-order valence-electron chi connectivity index (χ3n) is 4.54. The van der Waals surface area contributed by atoms with Crippen LogP contribution < -0.4 is 5.32 Å². The van der Waals surface area contributed by atoms with E-state index in [1.807, 2.05) is 13.8 Å². The number of hydrogen-bond acceptors (Lipinski definition) is 7. The highest BCUT2D eigenvalue weighted by Gasteiger charge is 2.34. The summed E-state index contributed by atoms with van der Waals surface area (Å²) < 4.78 is 16.2. The summed E-state index contributed by atoms with van der Waals surface area (Å²) in [6.45, 7) is 24.1. The van der Waals surface area contributed by atoms with E-state index in [0.717, 1.165) is 0 Å². The van der Waals surface area contributed by atoms with Crippen LogP contribution >= 0.6 is 20.2 Å². The summed E-state index contributed by atoms with van der Waals surface area (Å²) >= 11 is 1.26. The summed E-state index contributed by atoms with van der Waals surface area (Å²) in [7, 11) is -0.955. The zero-order chi connectivity index (χ0) is 24.4. The zero-order valence-corrected chi connectivity index (χ0v) is 23.2. The van der Waals surface area contributed by atoms with Crippen LogP contribution in [0.2, 0.25) is 0 Å². The number of carbonyl (C=O) groups is 2. The molecule has 0 fully saturated rings. The lowest BCUT2D eigenvalue weighted by Crippen LogP contribution is -2.43. The largest absolute Gasteiger partial charge is 0.450 e. The number of nitrogens with one attached hydrogen (secondary N) is 1.